The monoisotopic (exact) mass is 274 g/mol. The molecule has 2 aromatic rings. The minimum absolute atomic E-state index is 0.127. The lowest BCUT2D eigenvalue weighted by atomic mass is 10.3. The topological polar surface area (TPSA) is 97.6 Å². The van der Waals surface area contributed by atoms with Crippen LogP contribution in [0.25, 0.3) is 0 Å². The molecule has 0 radical (unpaired) electrons. The van der Waals surface area contributed by atoms with Crippen molar-refractivity contribution >= 4 is 11.6 Å². The predicted molar refractivity (Wildman–Crippen MR) is 72.9 cm³/mol. The van der Waals surface area contributed by atoms with E-state index in [9.17, 15) is 9.59 Å². The molecule has 8 nitrogen and oxygen atoms in total. The van der Waals surface area contributed by atoms with Crippen LogP contribution in [-0.2, 0) is 21.1 Å². The zero-order chi connectivity index (χ0) is 15.0. The lowest BCUT2D eigenvalue weighted by Gasteiger charge is -2.11. The van der Waals surface area contributed by atoms with Gasteiger partial charge in [-0.15, -0.1) is 0 Å². The summed E-state index contributed by atoms with van der Waals surface area (Å²) < 4.78 is 3.75. The van der Waals surface area contributed by atoms with Crippen molar-refractivity contribution in [1.82, 2.24) is 18.9 Å². The predicted octanol–water partition coefficient (Wildman–Crippen LogP) is -0.259. The number of rotatable bonds is 2. The fraction of sp³-hybridized carbons (Fsp3) is 0.333. The van der Waals surface area contributed by atoms with Gasteiger partial charge in [-0.2, -0.15) is 10.4 Å². The highest BCUT2D eigenvalue weighted by molar-refractivity contribution is 5.60. The molecule has 104 valence electrons. The molecule has 0 amide bonds. The molecule has 0 fully saturated rings. The molecule has 0 saturated heterocycles. The van der Waals surface area contributed by atoms with Crippen LogP contribution in [0.4, 0.5) is 11.6 Å². The van der Waals surface area contributed by atoms with Gasteiger partial charge in [-0.25, -0.2) is 4.79 Å². The third-order valence-electron chi connectivity index (χ3n) is 3.14. The summed E-state index contributed by atoms with van der Waals surface area (Å²) in [5.41, 5.74) is -0.368. The van der Waals surface area contributed by atoms with Crippen molar-refractivity contribution in [3.05, 3.63) is 38.2 Å². The fourth-order valence-electron chi connectivity index (χ4n) is 1.83. The van der Waals surface area contributed by atoms with Gasteiger partial charge in [0.2, 0.25) is 0 Å². The molecule has 0 aromatic carbocycles. The van der Waals surface area contributed by atoms with Gasteiger partial charge in [0.15, 0.2) is 11.4 Å². The van der Waals surface area contributed by atoms with Crippen molar-refractivity contribution in [1.29, 1.82) is 5.26 Å². The molecule has 2 aromatic heterocycles. The van der Waals surface area contributed by atoms with E-state index in [2.05, 4.69) is 10.4 Å². The Kier molecular flexibility index (Phi) is 3.19. The Hall–Kier alpha value is -2.82. The Labute approximate surface area is 114 Å². The number of nitrogens with one attached hydrogen (secondary N) is 1. The van der Waals surface area contributed by atoms with Crippen LogP contribution in [0.3, 0.4) is 0 Å². The van der Waals surface area contributed by atoms with Crippen LogP contribution in [0.15, 0.2) is 15.7 Å². The highest BCUT2D eigenvalue weighted by Gasteiger charge is 2.16. The zero-order valence-electron chi connectivity index (χ0n) is 11.6. The molecular formula is C12H14N6O2. The summed E-state index contributed by atoms with van der Waals surface area (Å²) in [5.74, 6) is 0.600. The van der Waals surface area contributed by atoms with E-state index in [4.69, 9.17) is 5.26 Å². The minimum atomic E-state index is -0.634. The summed E-state index contributed by atoms with van der Waals surface area (Å²) in [4.78, 5) is 23.8. The Morgan fingerprint density at radius 2 is 1.90 bits per heavy atom. The molecule has 0 atom stereocenters. The van der Waals surface area contributed by atoms with E-state index in [0.717, 1.165) is 10.3 Å². The molecule has 2 rings (SSSR count). The highest BCUT2D eigenvalue weighted by atomic mass is 16.2. The SMILES string of the molecule is Cc1cc(Nc2c(C#N)c(=O)n(C)c(=O)n2C)nn1C. The third-order valence-corrected chi connectivity index (χ3v) is 3.14. The van der Waals surface area contributed by atoms with E-state index in [-0.39, 0.29) is 11.4 Å². The molecule has 0 aliphatic rings. The average Bonchev–Trinajstić information content (AvgIpc) is 2.73. The van der Waals surface area contributed by atoms with Gasteiger partial charge < -0.3 is 5.32 Å². The summed E-state index contributed by atoms with van der Waals surface area (Å²) in [5, 5.41) is 16.2. The highest BCUT2D eigenvalue weighted by Crippen LogP contribution is 2.15. The lowest BCUT2D eigenvalue weighted by molar-refractivity contribution is 0.688. The van der Waals surface area contributed by atoms with Crippen molar-refractivity contribution in [2.45, 2.75) is 6.92 Å². The quantitative estimate of drug-likeness (QED) is 0.813. The summed E-state index contributed by atoms with van der Waals surface area (Å²) in [6, 6.07) is 3.58. The second kappa shape index (κ2) is 4.70. The summed E-state index contributed by atoms with van der Waals surface area (Å²) >= 11 is 0. The molecule has 8 heteroatoms. The van der Waals surface area contributed by atoms with Gasteiger partial charge in [-0.3, -0.25) is 18.6 Å². The maximum absolute atomic E-state index is 11.9. The first-order valence-electron chi connectivity index (χ1n) is 5.84. The van der Waals surface area contributed by atoms with Crippen LogP contribution in [0, 0.1) is 18.3 Å². The van der Waals surface area contributed by atoms with Crippen LogP contribution < -0.4 is 16.6 Å². The van der Waals surface area contributed by atoms with Crippen molar-refractivity contribution in [2.75, 3.05) is 5.32 Å². The molecule has 2 heterocycles. The number of nitriles is 1. The van der Waals surface area contributed by atoms with Crippen LogP contribution in [0.1, 0.15) is 11.3 Å². The number of hydrogen-bond donors (Lipinski definition) is 1. The first-order chi connectivity index (χ1) is 9.36. The molecule has 20 heavy (non-hydrogen) atoms. The third kappa shape index (κ3) is 1.99. The number of aromatic nitrogens is 4. The van der Waals surface area contributed by atoms with Gasteiger partial charge in [-0.1, -0.05) is 0 Å². The Balaban J connectivity index is 2.66. The van der Waals surface area contributed by atoms with Gasteiger partial charge in [0.05, 0.1) is 0 Å². The minimum Gasteiger partial charge on any atom is -0.323 e. The van der Waals surface area contributed by atoms with Crippen LogP contribution in [-0.4, -0.2) is 18.9 Å². The van der Waals surface area contributed by atoms with Crippen molar-refractivity contribution in [2.24, 2.45) is 21.1 Å². The summed E-state index contributed by atoms with van der Waals surface area (Å²) in [6.07, 6.45) is 0. The second-order valence-corrected chi connectivity index (χ2v) is 4.46. The fourth-order valence-corrected chi connectivity index (χ4v) is 1.83. The lowest BCUT2D eigenvalue weighted by Crippen LogP contribution is -2.39. The number of nitrogens with zero attached hydrogens (tertiary/aromatic N) is 5. The first-order valence-corrected chi connectivity index (χ1v) is 5.84. The molecule has 0 saturated carbocycles. The number of anilines is 2. The van der Waals surface area contributed by atoms with E-state index < -0.39 is 11.2 Å². The first kappa shape index (κ1) is 13.6. The normalized spacial score (nSPS) is 10.3. The van der Waals surface area contributed by atoms with Gasteiger partial charge in [0.1, 0.15) is 11.9 Å². The molecule has 0 unspecified atom stereocenters. The molecular weight excluding hydrogens is 260 g/mol. The van der Waals surface area contributed by atoms with E-state index in [1.807, 2.05) is 13.0 Å². The molecule has 0 aliphatic carbocycles. The maximum atomic E-state index is 11.9. The smallest absolute Gasteiger partial charge is 0.323 e. The van der Waals surface area contributed by atoms with Gasteiger partial charge >= 0.3 is 5.69 Å². The standard InChI is InChI=1S/C12H14N6O2/c1-7-5-9(15-18(7)4)14-10-8(6-13)11(19)17(3)12(20)16(10)2/h5H,1-4H3,(H,14,15). The van der Waals surface area contributed by atoms with E-state index >= 15 is 0 Å². The van der Waals surface area contributed by atoms with Crippen molar-refractivity contribution < 1.29 is 0 Å². The van der Waals surface area contributed by atoms with Gasteiger partial charge in [0.25, 0.3) is 5.56 Å². The van der Waals surface area contributed by atoms with Crippen LogP contribution >= 0.6 is 0 Å². The second-order valence-electron chi connectivity index (χ2n) is 4.46. The van der Waals surface area contributed by atoms with Crippen molar-refractivity contribution in [3.63, 3.8) is 0 Å². The molecule has 1 N–H and O–H groups in total. The van der Waals surface area contributed by atoms with Crippen molar-refractivity contribution in [3.8, 4) is 6.07 Å². The Morgan fingerprint density at radius 1 is 1.25 bits per heavy atom. The van der Waals surface area contributed by atoms with Crippen LogP contribution in [0.2, 0.25) is 0 Å². The van der Waals surface area contributed by atoms with Gasteiger partial charge in [0, 0.05) is 32.9 Å². The average molecular weight is 274 g/mol. The van der Waals surface area contributed by atoms with Gasteiger partial charge in [-0.05, 0) is 6.92 Å². The van der Waals surface area contributed by atoms with E-state index in [1.165, 1.54) is 18.7 Å². The maximum Gasteiger partial charge on any atom is 0.332 e. The zero-order valence-corrected chi connectivity index (χ0v) is 11.6. The molecule has 0 spiro atoms. The molecule has 0 bridgehead atoms. The van der Waals surface area contributed by atoms with E-state index in [1.54, 1.807) is 17.8 Å². The van der Waals surface area contributed by atoms with Crippen LogP contribution in [0.5, 0.6) is 0 Å². The largest absolute Gasteiger partial charge is 0.332 e. The summed E-state index contributed by atoms with van der Waals surface area (Å²) in [7, 11) is 4.59. The number of hydrogen-bond acceptors (Lipinski definition) is 5. The molecule has 0 aliphatic heterocycles. The summed E-state index contributed by atoms with van der Waals surface area (Å²) in [6.45, 7) is 1.87. The van der Waals surface area contributed by atoms with E-state index in [0.29, 0.717) is 5.82 Å². The number of aryl methyl sites for hydroxylation is 2. The Morgan fingerprint density at radius 3 is 2.40 bits per heavy atom. The Bertz CT molecular complexity index is 814.